The molecule has 0 amide bonds. The summed E-state index contributed by atoms with van der Waals surface area (Å²) in [6.07, 6.45) is 4.05. The van der Waals surface area contributed by atoms with E-state index in [2.05, 4.69) is 36.3 Å². The number of hydrogen-bond donors (Lipinski definition) is 1. The fourth-order valence-corrected chi connectivity index (χ4v) is 2.59. The molecule has 0 aliphatic rings. The summed E-state index contributed by atoms with van der Waals surface area (Å²) in [5, 5.41) is 3.44. The van der Waals surface area contributed by atoms with Gasteiger partial charge in [-0.15, -0.1) is 0 Å². The average molecular weight is 281 g/mol. The minimum Gasteiger partial charge on any atom is -0.496 e. The molecule has 0 aliphatic carbocycles. The molecule has 0 spiro atoms. The molecule has 4 heteroatoms. The molecule has 3 rings (SSSR count). The molecule has 0 radical (unpaired) electrons. The quantitative estimate of drug-likeness (QED) is 0.794. The number of aromatic nitrogens is 2. The van der Waals surface area contributed by atoms with E-state index in [4.69, 9.17) is 4.74 Å². The Morgan fingerprint density at radius 3 is 2.81 bits per heavy atom. The van der Waals surface area contributed by atoms with Crippen molar-refractivity contribution in [2.24, 2.45) is 0 Å². The zero-order chi connectivity index (χ0) is 14.8. The standard InChI is InChI=1S/C17H19N3O/c1-12-7-8-15(13(2)17(12)21-3)18-10-14-11-20-9-5-4-6-16(20)19-14/h4-9,11,18H,10H2,1-3H3. The van der Waals surface area contributed by atoms with E-state index in [1.165, 1.54) is 0 Å². The van der Waals surface area contributed by atoms with Crippen molar-refractivity contribution in [1.82, 2.24) is 9.38 Å². The molecule has 0 saturated carbocycles. The number of methoxy groups -OCH3 is 1. The fourth-order valence-electron chi connectivity index (χ4n) is 2.59. The van der Waals surface area contributed by atoms with Crippen LogP contribution in [0.1, 0.15) is 16.8 Å². The molecule has 0 fully saturated rings. The highest BCUT2D eigenvalue weighted by atomic mass is 16.5. The number of pyridine rings is 1. The van der Waals surface area contributed by atoms with Crippen molar-refractivity contribution in [3.8, 4) is 5.75 Å². The van der Waals surface area contributed by atoms with E-state index in [9.17, 15) is 0 Å². The van der Waals surface area contributed by atoms with Crippen molar-refractivity contribution in [3.05, 3.63) is 59.5 Å². The molecular formula is C17H19N3O. The number of aryl methyl sites for hydroxylation is 1. The molecule has 4 nitrogen and oxygen atoms in total. The first-order chi connectivity index (χ1) is 10.2. The van der Waals surface area contributed by atoms with E-state index in [0.717, 1.165) is 33.9 Å². The monoisotopic (exact) mass is 281 g/mol. The van der Waals surface area contributed by atoms with Crippen LogP contribution in [-0.2, 0) is 6.54 Å². The van der Waals surface area contributed by atoms with Gasteiger partial charge in [0.2, 0.25) is 0 Å². The van der Waals surface area contributed by atoms with Crippen molar-refractivity contribution in [1.29, 1.82) is 0 Å². The molecule has 2 heterocycles. The van der Waals surface area contributed by atoms with E-state index in [1.54, 1.807) is 7.11 Å². The van der Waals surface area contributed by atoms with Gasteiger partial charge in [-0.3, -0.25) is 0 Å². The number of benzene rings is 1. The van der Waals surface area contributed by atoms with Gasteiger partial charge in [0.05, 0.1) is 19.3 Å². The van der Waals surface area contributed by atoms with Gasteiger partial charge in [-0.2, -0.15) is 0 Å². The van der Waals surface area contributed by atoms with Crippen molar-refractivity contribution in [2.45, 2.75) is 20.4 Å². The zero-order valence-electron chi connectivity index (χ0n) is 12.6. The second-order valence-corrected chi connectivity index (χ2v) is 5.14. The molecule has 0 aliphatic heterocycles. The second kappa shape index (κ2) is 5.48. The Kier molecular flexibility index (Phi) is 3.52. The van der Waals surface area contributed by atoms with Crippen molar-refractivity contribution in [2.75, 3.05) is 12.4 Å². The summed E-state index contributed by atoms with van der Waals surface area (Å²) < 4.78 is 7.48. The van der Waals surface area contributed by atoms with E-state index in [-0.39, 0.29) is 0 Å². The number of fused-ring (bicyclic) bond motifs is 1. The lowest BCUT2D eigenvalue weighted by Crippen LogP contribution is -2.03. The van der Waals surface area contributed by atoms with Crippen LogP contribution in [0.15, 0.2) is 42.7 Å². The number of rotatable bonds is 4. The van der Waals surface area contributed by atoms with E-state index in [1.807, 2.05) is 35.0 Å². The highest BCUT2D eigenvalue weighted by Gasteiger charge is 2.08. The highest BCUT2D eigenvalue weighted by molar-refractivity contribution is 5.59. The number of nitrogens with one attached hydrogen (secondary N) is 1. The van der Waals surface area contributed by atoms with Crippen LogP contribution >= 0.6 is 0 Å². The molecular weight excluding hydrogens is 262 g/mol. The SMILES string of the molecule is COc1c(C)ccc(NCc2cn3ccccc3n2)c1C. The largest absolute Gasteiger partial charge is 0.496 e. The molecule has 0 atom stereocenters. The lowest BCUT2D eigenvalue weighted by atomic mass is 10.1. The lowest BCUT2D eigenvalue weighted by Gasteiger charge is -2.14. The van der Waals surface area contributed by atoms with Crippen LogP contribution in [0.3, 0.4) is 0 Å². The van der Waals surface area contributed by atoms with Gasteiger partial charge in [0.1, 0.15) is 11.4 Å². The highest BCUT2D eigenvalue weighted by Crippen LogP contribution is 2.29. The molecule has 0 unspecified atom stereocenters. The van der Waals surface area contributed by atoms with Gasteiger partial charge in [-0.05, 0) is 37.6 Å². The van der Waals surface area contributed by atoms with Crippen LogP contribution in [0.4, 0.5) is 5.69 Å². The van der Waals surface area contributed by atoms with Gasteiger partial charge in [-0.1, -0.05) is 12.1 Å². The summed E-state index contributed by atoms with van der Waals surface area (Å²) in [7, 11) is 1.71. The molecule has 0 saturated heterocycles. The van der Waals surface area contributed by atoms with Gasteiger partial charge < -0.3 is 14.5 Å². The normalized spacial score (nSPS) is 10.8. The Hall–Kier alpha value is -2.49. The number of anilines is 1. The maximum atomic E-state index is 5.46. The maximum Gasteiger partial charge on any atom is 0.137 e. The molecule has 2 aromatic heterocycles. The molecule has 0 bridgehead atoms. The van der Waals surface area contributed by atoms with Crippen molar-refractivity contribution >= 4 is 11.3 Å². The van der Waals surface area contributed by atoms with Crippen LogP contribution in [0.2, 0.25) is 0 Å². The fraction of sp³-hybridized carbons (Fsp3) is 0.235. The number of nitrogens with zero attached hydrogens (tertiary/aromatic N) is 2. The Bertz CT molecular complexity index is 744. The third kappa shape index (κ3) is 2.57. The molecule has 3 aromatic rings. The molecule has 21 heavy (non-hydrogen) atoms. The summed E-state index contributed by atoms with van der Waals surface area (Å²) >= 11 is 0. The Morgan fingerprint density at radius 1 is 1.19 bits per heavy atom. The first-order valence-corrected chi connectivity index (χ1v) is 6.99. The van der Waals surface area contributed by atoms with E-state index >= 15 is 0 Å². The van der Waals surface area contributed by atoms with Crippen LogP contribution in [0, 0.1) is 13.8 Å². The smallest absolute Gasteiger partial charge is 0.137 e. The van der Waals surface area contributed by atoms with Crippen LogP contribution in [0.5, 0.6) is 5.75 Å². The average Bonchev–Trinajstić information content (AvgIpc) is 2.90. The first kappa shape index (κ1) is 13.5. The second-order valence-electron chi connectivity index (χ2n) is 5.14. The minimum atomic E-state index is 0.689. The summed E-state index contributed by atoms with van der Waals surface area (Å²) in [5.74, 6) is 0.940. The summed E-state index contributed by atoms with van der Waals surface area (Å²) in [5.41, 5.74) is 5.33. The Balaban J connectivity index is 1.81. The number of ether oxygens (including phenoxy) is 1. The Morgan fingerprint density at radius 2 is 2.05 bits per heavy atom. The maximum absolute atomic E-state index is 5.46. The lowest BCUT2D eigenvalue weighted by molar-refractivity contribution is 0.409. The minimum absolute atomic E-state index is 0.689. The van der Waals surface area contributed by atoms with E-state index < -0.39 is 0 Å². The summed E-state index contributed by atoms with van der Waals surface area (Å²) in [6.45, 7) is 4.81. The third-order valence-corrected chi connectivity index (χ3v) is 3.68. The van der Waals surface area contributed by atoms with Gasteiger partial charge in [-0.25, -0.2) is 4.98 Å². The van der Waals surface area contributed by atoms with Crippen LogP contribution in [-0.4, -0.2) is 16.5 Å². The molecule has 1 aromatic carbocycles. The number of imidazole rings is 1. The van der Waals surface area contributed by atoms with Gasteiger partial charge in [0.25, 0.3) is 0 Å². The topological polar surface area (TPSA) is 38.6 Å². The van der Waals surface area contributed by atoms with Crippen LogP contribution in [0.25, 0.3) is 5.65 Å². The van der Waals surface area contributed by atoms with Gasteiger partial charge in [0, 0.05) is 23.6 Å². The van der Waals surface area contributed by atoms with Gasteiger partial charge in [0.15, 0.2) is 0 Å². The number of hydrogen-bond acceptors (Lipinski definition) is 3. The molecule has 108 valence electrons. The van der Waals surface area contributed by atoms with E-state index in [0.29, 0.717) is 6.54 Å². The van der Waals surface area contributed by atoms with Crippen LogP contribution < -0.4 is 10.1 Å². The predicted molar refractivity (Wildman–Crippen MR) is 85.0 cm³/mol. The summed E-state index contributed by atoms with van der Waals surface area (Å²) in [6, 6.07) is 10.2. The zero-order valence-corrected chi connectivity index (χ0v) is 12.6. The third-order valence-electron chi connectivity index (χ3n) is 3.68. The van der Waals surface area contributed by atoms with Crippen molar-refractivity contribution in [3.63, 3.8) is 0 Å². The molecule has 1 N–H and O–H groups in total. The predicted octanol–water partition coefficient (Wildman–Crippen LogP) is 3.57. The Labute approximate surface area is 124 Å². The van der Waals surface area contributed by atoms with Crippen molar-refractivity contribution < 1.29 is 4.74 Å². The first-order valence-electron chi connectivity index (χ1n) is 6.99. The van der Waals surface area contributed by atoms with Gasteiger partial charge >= 0.3 is 0 Å². The summed E-state index contributed by atoms with van der Waals surface area (Å²) in [4.78, 5) is 4.59.